The number of nitrogens with zero attached hydrogens (tertiary/aromatic N) is 1. The Bertz CT molecular complexity index is 602. The van der Waals surface area contributed by atoms with Gasteiger partial charge in [-0.1, -0.05) is 60.7 Å². The van der Waals surface area contributed by atoms with Gasteiger partial charge < -0.3 is 15.4 Å². The second-order valence-electron chi connectivity index (χ2n) is 6.19. The van der Waals surface area contributed by atoms with Gasteiger partial charge in [-0.05, 0) is 24.0 Å². The van der Waals surface area contributed by atoms with Gasteiger partial charge in [-0.25, -0.2) is 0 Å². The highest BCUT2D eigenvalue weighted by molar-refractivity contribution is 5.73. The molecule has 4 nitrogen and oxygen atoms in total. The van der Waals surface area contributed by atoms with Crippen LogP contribution in [0.15, 0.2) is 60.7 Å². The van der Waals surface area contributed by atoms with E-state index < -0.39 is 0 Å². The molecule has 0 fully saturated rings. The summed E-state index contributed by atoms with van der Waals surface area (Å²) in [7, 11) is 0. The van der Waals surface area contributed by atoms with Gasteiger partial charge in [-0.2, -0.15) is 0 Å². The molecular weight excluding hydrogens is 312 g/mol. The van der Waals surface area contributed by atoms with Crippen LogP contribution in [0.25, 0.3) is 0 Å². The number of amides is 1. The second-order valence-corrected chi connectivity index (χ2v) is 6.19. The van der Waals surface area contributed by atoms with Crippen molar-refractivity contribution in [3.63, 3.8) is 0 Å². The van der Waals surface area contributed by atoms with E-state index >= 15 is 0 Å². The summed E-state index contributed by atoms with van der Waals surface area (Å²) in [6.45, 7) is 3.91. The van der Waals surface area contributed by atoms with E-state index in [1.807, 2.05) is 24.3 Å². The standard InChI is InChI=1S/C21H28N2O2/c22-21(24)13-16-23(15-12-19-8-3-1-4-9-19)14-7-17-25-18-20-10-5-2-6-11-20/h1-6,8-11H,7,12-18H2,(H2,22,24). The summed E-state index contributed by atoms with van der Waals surface area (Å²) in [4.78, 5) is 13.4. The Morgan fingerprint density at radius 1 is 0.880 bits per heavy atom. The number of hydrogen-bond acceptors (Lipinski definition) is 3. The minimum absolute atomic E-state index is 0.245. The lowest BCUT2D eigenvalue weighted by Crippen LogP contribution is -2.31. The van der Waals surface area contributed by atoms with E-state index in [2.05, 4.69) is 41.3 Å². The molecule has 0 aliphatic rings. The molecule has 0 aromatic heterocycles. The molecule has 0 bridgehead atoms. The van der Waals surface area contributed by atoms with Crippen LogP contribution in [-0.2, 0) is 22.6 Å². The first-order valence-electron chi connectivity index (χ1n) is 8.90. The van der Waals surface area contributed by atoms with Crippen LogP contribution in [0.2, 0.25) is 0 Å². The molecule has 0 spiro atoms. The molecule has 0 aliphatic heterocycles. The maximum atomic E-state index is 11.1. The van der Waals surface area contributed by atoms with Gasteiger partial charge in [0.2, 0.25) is 5.91 Å². The average Bonchev–Trinajstić information content (AvgIpc) is 2.64. The zero-order valence-electron chi connectivity index (χ0n) is 14.8. The van der Waals surface area contributed by atoms with Gasteiger partial charge in [0.25, 0.3) is 0 Å². The lowest BCUT2D eigenvalue weighted by molar-refractivity contribution is -0.118. The van der Waals surface area contributed by atoms with Gasteiger partial charge in [-0.3, -0.25) is 4.79 Å². The van der Waals surface area contributed by atoms with Gasteiger partial charge in [0.05, 0.1) is 6.61 Å². The number of rotatable bonds is 12. The zero-order chi connectivity index (χ0) is 17.7. The number of carbonyl (C=O) groups is 1. The van der Waals surface area contributed by atoms with Crippen LogP contribution < -0.4 is 5.73 Å². The van der Waals surface area contributed by atoms with E-state index in [1.165, 1.54) is 11.1 Å². The Balaban J connectivity index is 1.68. The van der Waals surface area contributed by atoms with Crippen LogP contribution in [0, 0.1) is 0 Å². The molecule has 2 N–H and O–H groups in total. The van der Waals surface area contributed by atoms with E-state index in [4.69, 9.17) is 10.5 Å². The Morgan fingerprint density at radius 2 is 1.52 bits per heavy atom. The molecule has 0 saturated heterocycles. The van der Waals surface area contributed by atoms with Crippen molar-refractivity contribution in [1.29, 1.82) is 0 Å². The molecule has 2 aromatic rings. The van der Waals surface area contributed by atoms with Crippen LogP contribution in [0.4, 0.5) is 0 Å². The van der Waals surface area contributed by atoms with E-state index in [-0.39, 0.29) is 5.91 Å². The number of nitrogens with two attached hydrogens (primary N) is 1. The van der Waals surface area contributed by atoms with Crippen molar-refractivity contribution in [3.8, 4) is 0 Å². The molecule has 4 heteroatoms. The summed E-state index contributed by atoms with van der Waals surface area (Å²) in [5, 5.41) is 0. The summed E-state index contributed by atoms with van der Waals surface area (Å²) in [6.07, 6.45) is 2.32. The highest BCUT2D eigenvalue weighted by Crippen LogP contribution is 2.04. The molecule has 25 heavy (non-hydrogen) atoms. The van der Waals surface area contributed by atoms with Crippen molar-refractivity contribution < 1.29 is 9.53 Å². The van der Waals surface area contributed by atoms with Gasteiger partial charge in [0, 0.05) is 32.7 Å². The number of benzene rings is 2. The Labute approximate surface area is 150 Å². The van der Waals surface area contributed by atoms with Crippen molar-refractivity contribution in [2.45, 2.75) is 25.9 Å². The molecule has 1 amide bonds. The number of primary amides is 1. The summed E-state index contributed by atoms with van der Waals surface area (Å²) >= 11 is 0. The van der Waals surface area contributed by atoms with E-state index in [9.17, 15) is 4.79 Å². The third kappa shape index (κ3) is 8.47. The SMILES string of the molecule is NC(=O)CCN(CCCOCc1ccccc1)CCc1ccccc1. The Kier molecular flexibility index (Phi) is 8.73. The lowest BCUT2D eigenvalue weighted by atomic mass is 10.1. The van der Waals surface area contributed by atoms with Crippen LogP contribution >= 0.6 is 0 Å². The van der Waals surface area contributed by atoms with E-state index in [0.29, 0.717) is 26.2 Å². The Hall–Kier alpha value is -2.17. The van der Waals surface area contributed by atoms with Gasteiger partial charge in [-0.15, -0.1) is 0 Å². The topological polar surface area (TPSA) is 55.6 Å². The van der Waals surface area contributed by atoms with Crippen molar-refractivity contribution in [2.24, 2.45) is 5.73 Å². The molecule has 0 heterocycles. The van der Waals surface area contributed by atoms with Crippen LogP contribution in [0.1, 0.15) is 24.0 Å². The monoisotopic (exact) mass is 340 g/mol. The molecule has 0 aliphatic carbocycles. The van der Waals surface area contributed by atoms with Crippen molar-refractivity contribution in [1.82, 2.24) is 4.90 Å². The quantitative estimate of drug-likeness (QED) is 0.604. The second kappa shape index (κ2) is 11.4. The van der Waals surface area contributed by atoms with Crippen molar-refractivity contribution >= 4 is 5.91 Å². The smallest absolute Gasteiger partial charge is 0.218 e. The predicted molar refractivity (Wildman–Crippen MR) is 101 cm³/mol. The van der Waals surface area contributed by atoms with Gasteiger partial charge in [0.1, 0.15) is 0 Å². The Morgan fingerprint density at radius 3 is 2.16 bits per heavy atom. The maximum Gasteiger partial charge on any atom is 0.218 e. The van der Waals surface area contributed by atoms with Crippen LogP contribution in [0.5, 0.6) is 0 Å². The summed E-state index contributed by atoms with van der Waals surface area (Å²) in [5.74, 6) is -0.245. The highest BCUT2D eigenvalue weighted by Gasteiger charge is 2.07. The molecule has 0 saturated carbocycles. The number of carbonyl (C=O) groups excluding carboxylic acids is 1. The predicted octanol–water partition coefficient (Wildman–Crippen LogP) is 3.01. The van der Waals surface area contributed by atoms with Crippen molar-refractivity contribution in [3.05, 3.63) is 71.8 Å². The first-order chi connectivity index (χ1) is 12.2. The maximum absolute atomic E-state index is 11.1. The third-order valence-electron chi connectivity index (χ3n) is 4.11. The van der Waals surface area contributed by atoms with Crippen LogP contribution in [-0.4, -0.2) is 37.0 Å². The van der Waals surface area contributed by atoms with Gasteiger partial charge >= 0.3 is 0 Å². The first-order valence-corrected chi connectivity index (χ1v) is 8.90. The fourth-order valence-corrected chi connectivity index (χ4v) is 2.69. The summed E-state index contributed by atoms with van der Waals surface area (Å²) in [6, 6.07) is 20.6. The van der Waals surface area contributed by atoms with Crippen molar-refractivity contribution in [2.75, 3.05) is 26.2 Å². The fourth-order valence-electron chi connectivity index (χ4n) is 2.69. The average molecular weight is 340 g/mol. The molecular formula is C21H28N2O2. The normalized spacial score (nSPS) is 10.9. The minimum Gasteiger partial charge on any atom is -0.377 e. The molecule has 0 radical (unpaired) electrons. The molecule has 0 unspecified atom stereocenters. The molecule has 134 valence electrons. The molecule has 2 aromatic carbocycles. The first kappa shape index (κ1) is 19.2. The number of hydrogen-bond donors (Lipinski definition) is 1. The van der Waals surface area contributed by atoms with Gasteiger partial charge in [0.15, 0.2) is 0 Å². The van der Waals surface area contributed by atoms with E-state index in [1.54, 1.807) is 0 Å². The fraction of sp³-hybridized carbons (Fsp3) is 0.381. The minimum atomic E-state index is -0.245. The summed E-state index contributed by atoms with van der Waals surface area (Å²) < 4.78 is 5.74. The highest BCUT2D eigenvalue weighted by atomic mass is 16.5. The van der Waals surface area contributed by atoms with E-state index in [0.717, 1.165) is 25.9 Å². The van der Waals surface area contributed by atoms with Crippen LogP contribution in [0.3, 0.4) is 0 Å². The third-order valence-corrected chi connectivity index (χ3v) is 4.11. The lowest BCUT2D eigenvalue weighted by Gasteiger charge is -2.21. The molecule has 0 atom stereocenters. The largest absolute Gasteiger partial charge is 0.377 e. The summed E-state index contributed by atoms with van der Waals surface area (Å²) in [5.41, 5.74) is 7.80. The number of ether oxygens (including phenoxy) is 1. The molecule has 2 rings (SSSR count). The zero-order valence-corrected chi connectivity index (χ0v) is 14.8.